The first-order valence-electron chi connectivity index (χ1n) is 5.79. The molecule has 0 fully saturated rings. The Morgan fingerprint density at radius 1 is 1.20 bits per heavy atom. The highest BCUT2D eigenvalue weighted by Gasteiger charge is 2.22. The van der Waals surface area contributed by atoms with Gasteiger partial charge in [-0.3, -0.25) is 4.79 Å². The van der Waals surface area contributed by atoms with Crippen molar-refractivity contribution < 1.29 is 9.53 Å². The third-order valence-electron chi connectivity index (χ3n) is 2.61. The van der Waals surface area contributed by atoms with E-state index < -0.39 is 0 Å². The van der Waals surface area contributed by atoms with Crippen LogP contribution in [0.5, 0.6) is 0 Å². The maximum Gasteiger partial charge on any atom is 0.310 e. The van der Waals surface area contributed by atoms with E-state index in [-0.39, 0.29) is 18.0 Å². The molecule has 0 aromatic heterocycles. The third kappa shape index (κ3) is 5.78. The van der Waals surface area contributed by atoms with E-state index in [9.17, 15) is 4.79 Å². The lowest BCUT2D eigenvalue weighted by atomic mass is 9.97. The summed E-state index contributed by atoms with van der Waals surface area (Å²) >= 11 is 0. The molecule has 0 aromatic rings. The Labute approximate surface area is 93.4 Å². The minimum absolute atomic E-state index is 0.0290. The zero-order valence-electron chi connectivity index (χ0n) is 10.6. The van der Waals surface area contributed by atoms with Crippen LogP contribution in [-0.2, 0) is 9.53 Å². The number of ether oxygens (including phenoxy) is 1. The molecular weight excluding hydrogens is 190 g/mol. The molecular formula is C12H25NO2. The maximum atomic E-state index is 11.7. The average Bonchev–Trinajstić information content (AvgIpc) is 2.13. The summed E-state index contributed by atoms with van der Waals surface area (Å²) in [5.41, 5.74) is 5.57. The van der Waals surface area contributed by atoms with Gasteiger partial charge in [0.15, 0.2) is 0 Å². The van der Waals surface area contributed by atoms with Crippen LogP contribution in [0, 0.1) is 17.8 Å². The van der Waals surface area contributed by atoms with Crippen molar-refractivity contribution in [3.63, 3.8) is 0 Å². The number of carbonyl (C=O) groups is 1. The summed E-state index contributed by atoms with van der Waals surface area (Å²) in [6.45, 7) is 10.5. The van der Waals surface area contributed by atoms with E-state index in [2.05, 4.69) is 13.8 Å². The van der Waals surface area contributed by atoms with Gasteiger partial charge in [-0.2, -0.15) is 0 Å². The number of hydrogen-bond acceptors (Lipinski definition) is 3. The fraction of sp³-hybridized carbons (Fsp3) is 0.917. The van der Waals surface area contributed by atoms with Gasteiger partial charge in [-0.15, -0.1) is 0 Å². The van der Waals surface area contributed by atoms with Crippen LogP contribution in [0.15, 0.2) is 0 Å². The predicted octanol–water partition coefficient (Wildman–Crippen LogP) is 2.20. The van der Waals surface area contributed by atoms with Crippen molar-refractivity contribution in [3.05, 3.63) is 0 Å². The molecule has 0 spiro atoms. The van der Waals surface area contributed by atoms with E-state index in [0.717, 1.165) is 6.42 Å². The van der Waals surface area contributed by atoms with Crippen LogP contribution < -0.4 is 5.73 Å². The molecule has 0 radical (unpaired) electrons. The maximum absolute atomic E-state index is 11.7. The van der Waals surface area contributed by atoms with Crippen LogP contribution in [0.1, 0.15) is 41.0 Å². The Morgan fingerprint density at radius 3 is 2.07 bits per heavy atom. The zero-order chi connectivity index (χ0) is 12.0. The lowest BCUT2D eigenvalue weighted by Crippen LogP contribution is -2.31. The minimum Gasteiger partial charge on any atom is -0.462 e. The highest BCUT2D eigenvalue weighted by atomic mass is 16.5. The van der Waals surface area contributed by atoms with Crippen LogP contribution in [0.3, 0.4) is 0 Å². The Morgan fingerprint density at radius 2 is 1.73 bits per heavy atom. The van der Waals surface area contributed by atoms with E-state index in [1.54, 1.807) is 0 Å². The number of rotatable bonds is 6. The van der Waals surface area contributed by atoms with E-state index in [1.807, 2.05) is 20.8 Å². The topological polar surface area (TPSA) is 52.3 Å². The molecule has 0 heterocycles. The van der Waals surface area contributed by atoms with Gasteiger partial charge in [0.1, 0.15) is 6.10 Å². The van der Waals surface area contributed by atoms with Crippen LogP contribution in [0.4, 0.5) is 0 Å². The minimum atomic E-state index is -0.147. The van der Waals surface area contributed by atoms with Gasteiger partial charge in [-0.25, -0.2) is 0 Å². The molecule has 90 valence electrons. The van der Waals surface area contributed by atoms with Gasteiger partial charge in [0.05, 0.1) is 5.92 Å². The Kier molecular flexibility index (Phi) is 6.57. The molecule has 0 aliphatic rings. The number of esters is 1. The summed E-state index contributed by atoms with van der Waals surface area (Å²) < 4.78 is 5.35. The lowest BCUT2D eigenvalue weighted by Gasteiger charge is -2.21. The molecule has 0 bridgehead atoms. The van der Waals surface area contributed by atoms with E-state index in [1.165, 1.54) is 0 Å². The normalized spacial score (nSPS) is 15.5. The van der Waals surface area contributed by atoms with Crippen molar-refractivity contribution in [2.45, 2.75) is 47.1 Å². The summed E-state index contributed by atoms with van der Waals surface area (Å²) in [7, 11) is 0. The molecule has 15 heavy (non-hydrogen) atoms. The first kappa shape index (κ1) is 14.4. The first-order valence-corrected chi connectivity index (χ1v) is 5.79. The number of carbonyl (C=O) groups excluding carboxylic acids is 1. The van der Waals surface area contributed by atoms with E-state index in [0.29, 0.717) is 18.4 Å². The molecule has 0 aliphatic heterocycles. The second-order valence-electron chi connectivity index (χ2n) is 4.95. The second-order valence-corrected chi connectivity index (χ2v) is 4.95. The summed E-state index contributed by atoms with van der Waals surface area (Å²) in [6.07, 6.45) is 0.777. The molecule has 0 aromatic carbocycles. The SMILES string of the molecule is CC(C)CC(CN)C(=O)OC(C)C(C)C. The Balaban J connectivity index is 4.15. The smallest absolute Gasteiger partial charge is 0.310 e. The van der Waals surface area contributed by atoms with Crippen LogP contribution in [0.2, 0.25) is 0 Å². The molecule has 0 saturated heterocycles. The number of hydrogen-bond donors (Lipinski definition) is 1. The van der Waals surface area contributed by atoms with Gasteiger partial charge in [-0.05, 0) is 25.2 Å². The predicted molar refractivity (Wildman–Crippen MR) is 62.4 cm³/mol. The fourth-order valence-electron chi connectivity index (χ4n) is 1.27. The van der Waals surface area contributed by atoms with Crippen LogP contribution in [0.25, 0.3) is 0 Å². The Hall–Kier alpha value is -0.570. The third-order valence-corrected chi connectivity index (χ3v) is 2.61. The first-order chi connectivity index (χ1) is 6.88. The molecule has 2 N–H and O–H groups in total. The molecule has 3 nitrogen and oxygen atoms in total. The molecule has 2 unspecified atom stereocenters. The fourth-order valence-corrected chi connectivity index (χ4v) is 1.27. The van der Waals surface area contributed by atoms with Gasteiger partial charge in [0, 0.05) is 6.54 Å². The van der Waals surface area contributed by atoms with Crippen molar-refractivity contribution in [1.29, 1.82) is 0 Å². The van der Waals surface area contributed by atoms with Crippen molar-refractivity contribution in [2.24, 2.45) is 23.5 Å². The van der Waals surface area contributed by atoms with Crippen molar-refractivity contribution in [2.75, 3.05) is 6.54 Å². The molecule has 0 rings (SSSR count). The lowest BCUT2D eigenvalue weighted by molar-refractivity contribution is -0.155. The summed E-state index contributed by atoms with van der Waals surface area (Å²) in [4.78, 5) is 11.7. The van der Waals surface area contributed by atoms with Crippen LogP contribution >= 0.6 is 0 Å². The zero-order valence-corrected chi connectivity index (χ0v) is 10.6. The molecule has 0 aliphatic carbocycles. The standard InChI is InChI=1S/C12H25NO2/c1-8(2)6-11(7-13)12(14)15-10(5)9(3)4/h8-11H,6-7,13H2,1-5H3. The van der Waals surface area contributed by atoms with E-state index in [4.69, 9.17) is 10.5 Å². The molecule has 0 saturated carbocycles. The molecule has 2 atom stereocenters. The summed E-state index contributed by atoms with van der Waals surface area (Å²) in [5.74, 6) is 0.533. The Bertz CT molecular complexity index is 190. The largest absolute Gasteiger partial charge is 0.462 e. The monoisotopic (exact) mass is 215 g/mol. The van der Waals surface area contributed by atoms with Gasteiger partial charge in [0.2, 0.25) is 0 Å². The quantitative estimate of drug-likeness (QED) is 0.691. The molecule has 0 amide bonds. The van der Waals surface area contributed by atoms with Gasteiger partial charge in [-0.1, -0.05) is 27.7 Å². The van der Waals surface area contributed by atoms with Crippen molar-refractivity contribution in [1.82, 2.24) is 0 Å². The summed E-state index contributed by atoms with van der Waals surface area (Å²) in [6, 6.07) is 0. The summed E-state index contributed by atoms with van der Waals surface area (Å²) in [5, 5.41) is 0. The second kappa shape index (κ2) is 6.83. The highest BCUT2D eigenvalue weighted by Crippen LogP contribution is 2.15. The van der Waals surface area contributed by atoms with Gasteiger partial charge < -0.3 is 10.5 Å². The van der Waals surface area contributed by atoms with Crippen molar-refractivity contribution >= 4 is 5.97 Å². The van der Waals surface area contributed by atoms with Crippen LogP contribution in [-0.4, -0.2) is 18.6 Å². The highest BCUT2D eigenvalue weighted by molar-refractivity contribution is 5.72. The molecule has 3 heteroatoms. The van der Waals surface area contributed by atoms with E-state index >= 15 is 0 Å². The van der Waals surface area contributed by atoms with Gasteiger partial charge >= 0.3 is 5.97 Å². The van der Waals surface area contributed by atoms with Gasteiger partial charge in [0.25, 0.3) is 0 Å². The average molecular weight is 215 g/mol. The number of nitrogens with two attached hydrogens (primary N) is 1. The van der Waals surface area contributed by atoms with Crippen molar-refractivity contribution in [3.8, 4) is 0 Å².